The molecule has 3 aromatic heterocycles. The summed E-state index contributed by atoms with van der Waals surface area (Å²) < 4.78 is 7.15. The molecular weight excluding hydrogens is 384 g/mol. The third-order valence-corrected chi connectivity index (χ3v) is 5.10. The molecule has 27 heavy (non-hydrogen) atoms. The lowest BCUT2D eigenvalue weighted by Gasteiger charge is -2.10. The minimum atomic E-state index is -0.323. The van der Waals surface area contributed by atoms with E-state index in [2.05, 4.69) is 15.6 Å². The topological polar surface area (TPSA) is 88.6 Å². The van der Waals surface area contributed by atoms with E-state index in [1.165, 1.54) is 10.5 Å². The van der Waals surface area contributed by atoms with Crippen molar-refractivity contribution in [2.45, 2.75) is 13.5 Å². The van der Waals surface area contributed by atoms with Crippen molar-refractivity contribution in [2.24, 2.45) is 0 Å². The van der Waals surface area contributed by atoms with Gasteiger partial charge in [-0.1, -0.05) is 30.0 Å². The number of thioether (sulfide) groups is 1. The largest absolute Gasteiger partial charge is 0.467 e. The molecule has 0 unspecified atom stereocenters. The van der Waals surface area contributed by atoms with Crippen molar-refractivity contribution < 1.29 is 9.21 Å². The van der Waals surface area contributed by atoms with Gasteiger partial charge < -0.3 is 15.1 Å². The number of fused-ring (bicyclic) bond motifs is 1. The molecule has 1 fully saturated rings. The first-order chi connectivity index (χ1) is 13.0. The molecule has 2 N–H and O–H groups in total. The van der Waals surface area contributed by atoms with E-state index in [9.17, 15) is 9.59 Å². The number of furan rings is 1. The summed E-state index contributed by atoms with van der Waals surface area (Å²) in [5, 5.41) is 5.68. The van der Waals surface area contributed by atoms with Crippen LogP contribution in [0, 0.1) is 6.92 Å². The maximum absolute atomic E-state index is 13.1. The number of nitrogens with one attached hydrogen (secondary N) is 2. The van der Waals surface area contributed by atoms with Crippen LogP contribution in [0.3, 0.4) is 0 Å². The minimum Gasteiger partial charge on any atom is -0.467 e. The molecule has 1 saturated heterocycles. The van der Waals surface area contributed by atoms with Gasteiger partial charge in [0, 0.05) is 6.20 Å². The Kier molecular flexibility index (Phi) is 4.54. The van der Waals surface area contributed by atoms with Crippen LogP contribution in [0.15, 0.2) is 50.8 Å². The molecule has 7 nitrogen and oxygen atoms in total. The maximum atomic E-state index is 13.1. The van der Waals surface area contributed by atoms with Crippen LogP contribution in [0.2, 0.25) is 0 Å². The Labute approximate surface area is 163 Å². The van der Waals surface area contributed by atoms with E-state index < -0.39 is 0 Å². The molecule has 4 heterocycles. The summed E-state index contributed by atoms with van der Waals surface area (Å²) in [5.41, 5.74) is 1.44. The summed E-state index contributed by atoms with van der Waals surface area (Å²) in [5.74, 6) is 0.753. The van der Waals surface area contributed by atoms with Gasteiger partial charge in [-0.2, -0.15) is 0 Å². The van der Waals surface area contributed by atoms with Crippen molar-refractivity contribution in [1.82, 2.24) is 14.7 Å². The van der Waals surface area contributed by atoms with Gasteiger partial charge in [0.25, 0.3) is 11.5 Å². The molecule has 0 bridgehead atoms. The van der Waals surface area contributed by atoms with Crippen LogP contribution in [-0.4, -0.2) is 19.6 Å². The van der Waals surface area contributed by atoms with Crippen molar-refractivity contribution in [3.8, 4) is 0 Å². The lowest BCUT2D eigenvalue weighted by Crippen LogP contribution is -2.21. The highest BCUT2D eigenvalue weighted by Crippen LogP contribution is 2.27. The summed E-state index contributed by atoms with van der Waals surface area (Å²) in [6.07, 6.45) is 4.81. The molecule has 4 rings (SSSR count). The van der Waals surface area contributed by atoms with Gasteiger partial charge >= 0.3 is 0 Å². The van der Waals surface area contributed by atoms with E-state index in [0.29, 0.717) is 33.0 Å². The van der Waals surface area contributed by atoms with Crippen LogP contribution in [-0.2, 0) is 11.3 Å². The third kappa shape index (κ3) is 3.51. The molecule has 3 aromatic rings. The maximum Gasteiger partial charge on any atom is 0.267 e. The quantitative estimate of drug-likeness (QED) is 0.516. The zero-order valence-electron chi connectivity index (χ0n) is 14.2. The van der Waals surface area contributed by atoms with Crippen molar-refractivity contribution in [3.63, 3.8) is 0 Å². The summed E-state index contributed by atoms with van der Waals surface area (Å²) in [6, 6.07) is 7.26. The van der Waals surface area contributed by atoms with Crippen LogP contribution >= 0.6 is 24.0 Å². The first-order valence-electron chi connectivity index (χ1n) is 8.05. The fourth-order valence-electron chi connectivity index (χ4n) is 2.66. The highest BCUT2D eigenvalue weighted by Gasteiger charge is 2.24. The third-order valence-electron chi connectivity index (χ3n) is 3.93. The van der Waals surface area contributed by atoms with Gasteiger partial charge in [0.1, 0.15) is 21.5 Å². The second-order valence-electron chi connectivity index (χ2n) is 5.90. The average Bonchev–Trinajstić information content (AvgIpc) is 3.26. The Hall–Kier alpha value is -2.91. The minimum absolute atomic E-state index is 0.274. The van der Waals surface area contributed by atoms with E-state index in [4.69, 9.17) is 16.6 Å². The molecule has 1 aliphatic heterocycles. The number of aryl methyl sites for hydroxylation is 1. The fourth-order valence-corrected chi connectivity index (χ4v) is 3.69. The van der Waals surface area contributed by atoms with Gasteiger partial charge in [0.15, 0.2) is 0 Å². The fraction of sp³-hybridized carbons (Fsp3) is 0.111. The predicted octanol–water partition coefficient (Wildman–Crippen LogP) is 2.70. The van der Waals surface area contributed by atoms with Gasteiger partial charge in [-0.05, 0) is 36.8 Å². The number of carbonyl (C=O) groups is 1. The van der Waals surface area contributed by atoms with Crippen LogP contribution in [0.1, 0.15) is 16.9 Å². The number of thiocarbonyl (C=S) groups is 1. The summed E-state index contributed by atoms with van der Waals surface area (Å²) in [7, 11) is 0. The SMILES string of the molecule is Cc1ccc2nc(NCc3ccco3)c(/C=C3/SC(=S)NC3=O)c(=O)n2c1. The Morgan fingerprint density at radius 3 is 2.93 bits per heavy atom. The van der Waals surface area contributed by atoms with Gasteiger partial charge in [0.2, 0.25) is 0 Å². The molecule has 9 heteroatoms. The zero-order valence-corrected chi connectivity index (χ0v) is 15.8. The monoisotopic (exact) mass is 398 g/mol. The number of hydrogen-bond donors (Lipinski definition) is 2. The lowest BCUT2D eigenvalue weighted by molar-refractivity contribution is -0.115. The average molecular weight is 398 g/mol. The standard InChI is InChI=1S/C18H14N4O3S2/c1-10-4-5-14-20-15(19-8-11-3-2-6-25-11)12(17(24)22(14)9-10)7-13-16(23)21-18(26)27-13/h2-7,9,19H,8H2,1H3,(H,21,23,26)/b13-7+. The van der Waals surface area contributed by atoms with Gasteiger partial charge in [-0.15, -0.1) is 0 Å². The highest BCUT2D eigenvalue weighted by atomic mass is 32.2. The normalized spacial score (nSPS) is 15.5. The summed E-state index contributed by atoms with van der Waals surface area (Å²) >= 11 is 6.14. The number of carbonyl (C=O) groups excluding carboxylic acids is 1. The zero-order chi connectivity index (χ0) is 19.0. The Morgan fingerprint density at radius 1 is 1.37 bits per heavy atom. The molecule has 136 valence electrons. The number of amides is 1. The summed E-state index contributed by atoms with van der Waals surface area (Å²) in [4.78, 5) is 30.0. The van der Waals surface area contributed by atoms with Crippen molar-refractivity contribution in [3.05, 3.63) is 68.9 Å². The number of rotatable bonds is 4. The first-order valence-corrected chi connectivity index (χ1v) is 9.28. The summed E-state index contributed by atoms with van der Waals surface area (Å²) in [6.45, 7) is 2.25. The van der Waals surface area contributed by atoms with E-state index in [1.807, 2.05) is 19.1 Å². The Balaban J connectivity index is 1.84. The number of pyridine rings is 1. The van der Waals surface area contributed by atoms with E-state index >= 15 is 0 Å². The highest BCUT2D eigenvalue weighted by molar-refractivity contribution is 8.26. The van der Waals surface area contributed by atoms with Crippen LogP contribution in [0.25, 0.3) is 11.7 Å². The van der Waals surface area contributed by atoms with E-state index in [0.717, 1.165) is 17.3 Å². The first kappa shape index (κ1) is 17.5. The van der Waals surface area contributed by atoms with Crippen LogP contribution in [0.5, 0.6) is 0 Å². The molecule has 0 atom stereocenters. The number of nitrogens with zero attached hydrogens (tertiary/aromatic N) is 2. The lowest BCUT2D eigenvalue weighted by atomic mass is 10.2. The number of anilines is 1. The second-order valence-corrected chi connectivity index (χ2v) is 7.62. The molecule has 1 amide bonds. The molecule has 0 aliphatic carbocycles. The smallest absolute Gasteiger partial charge is 0.267 e. The number of hydrogen-bond acceptors (Lipinski definition) is 7. The number of aromatic nitrogens is 2. The second kappa shape index (κ2) is 7.01. The van der Waals surface area contributed by atoms with Crippen LogP contribution < -0.4 is 16.2 Å². The van der Waals surface area contributed by atoms with Gasteiger partial charge in [-0.25, -0.2) is 4.98 Å². The van der Waals surface area contributed by atoms with Gasteiger partial charge in [-0.3, -0.25) is 14.0 Å². The van der Waals surface area contributed by atoms with Crippen molar-refractivity contribution >= 4 is 51.7 Å². The van der Waals surface area contributed by atoms with Crippen molar-refractivity contribution in [1.29, 1.82) is 0 Å². The van der Waals surface area contributed by atoms with Crippen molar-refractivity contribution in [2.75, 3.05) is 5.32 Å². The Bertz CT molecular complexity index is 1150. The van der Waals surface area contributed by atoms with E-state index in [-0.39, 0.29) is 17.0 Å². The molecule has 0 spiro atoms. The van der Waals surface area contributed by atoms with E-state index in [1.54, 1.807) is 24.6 Å². The molecule has 1 aliphatic rings. The molecule has 0 radical (unpaired) electrons. The Morgan fingerprint density at radius 2 is 2.22 bits per heavy atom. The van der Waals surface area contributed by atoms with Gasteiger partial charge in [0.05, 0.1) is 23.3 Å². The molecule has 0 saturated carbocycles. The predicted molar refractivity (Wildman–Crippen MR) is 109 cm³/mol. The molecular formula is C18H14N4O3S2. The van der Waals surface area contributed by atoms with Crippen LogP contribution in [0.4, 0.5) is 5.82 Å². The molecule has 0 aromatic carbocycles.